The molecule has 26 heavy (non-hydrogen) atoms. The highest BCUT2D eigenvalue weighted by atomic mass is 35.5. The van der Waals surface area contributed by atoms with Crippen molar-refractivity contribution in [1.29, 1.82) is 5.26 Å². The lowest BCUT2D eigenvalue weighted by Crippen LogP contribution is -2.17. The molecule has 7 heteroatoms. The number of fused-ring (bicyclic) bond motifs is 2. The van der Waals surface area contributed by atoms with Crippen LogP contribution in [0.1, 0.15) is 39.7 Å². The van der Waals surface area contributed by atoms with E-state index >= 15 is 0 Å². The molecule has 0 bridgehead atoms. The summed E-state index contributed by atoms with van der Waals surface area (Å²) < 4.78 is 11.0. The summed E-state index contributed by atoms with van der Waals surface area (Å²) in [4.78, 5) is 13.9. The normalized spacial score (nSPS) is 18.0. The van der Waals surface area contributed by atoms with E-state index in [1.165, 1.54) is 16.2 Å². The Kier molecular flexibility index (Phi) is 4.51. The average Bonchev–Trinajstić information content (AvgIpc) is 2.97. The largest absolute Gasteiger partial charge is 0.486 e. The second-order valence-corrected chi connectivity index (χ2v) is 8.12. The van der Waals surface area contributed by atoms with Crippen LogP contribution in [0.15, 0.2) is 12.1 Å². The molecular formula is C19H17ClN2O3S. The quantitative estimate of drug-likeness (QED) is 0.826. The van der Waals surface area contributed by atoms with E-state index in [2.05, 4.69) is 18.3 Å². The van der Waals surface area contributed by atoms with Crippen LogP contribution in [0.4, 0.5) is 5.00 Å². The second-order valence-electron chi connectivity index (χ2n) is 6.60. The van der Waals surface area contributed by atoms with E-state index in [0.29, 0.717) is 51.8 Å². The first-order valence-corrected chi connectivity index (χ1v) is 9.71. The molecule has 1 aromatic carbocycles. The third-order valence-corrected chi connectivity index (χ3v) is 6.16. The SMILES string of the molecule is CC1CCc2c(sc(NC(=O)c3cc(Cl)c4c(c3)OCCO4)c2C#N)C1. The van der Waals surface area contributed by atoms with Crippen LogP contribution in [-0.4, -0.2) is 19.1 Å². The Morgan fingerprint density at radius 1 is 1.38 bits per heavy atom. The van der Waals surface area contributed by atoms with Gasteiger partial charge in [0.05, 0.1) is 10.6 Å². The van der Waals surface area contributed by atoms with E-state index in [1.54, 1.807) is 12.1 Å². The maximum absolute atomic E-state index is 12.7. The maximum atomic E-state index is 12.7. The number of hydrogen-bond acceptors (Lipinski definition) is 5. The van der Waals surface area contributed by atoms with E-state index < -0.39 is 0 Å². The molecule has 2 aromatic rings. The smallest absolute Gasteiger partial charge is 0.256 e. The van der Waals surface area contributed by atoms with Gasteiger partial charge in [-0.05, 0) is 42.9 Å². The number of ether oxygens (including phenoxy) is 2. The number of carbonyl (C=O) groups is 1. The van der Waals surface area contributed by atoms with Crippen LogP contribution in [0.5, 0.6) is 11.5 Å². The fourth-order valence-corrected chi connectivity index (χ4v) is 5.00. The van der Waals surface area contributed by atoms with E-state index in [-0.39, 0.29) is 5.91 Å². The molecule has 134 valence electrons. The van der Waals surface area contributed by atoms with Crippen LogP contribution >= 0.6 is 22.9 Å². The zero-order chi connectivity index (χ0) is 18.3. The molecule has 0 saturated carbocycles. The zero-order valence-corrected chi connectivity index (χ0v) is 15.8. The number of hydrogen-bond donors (Lipinski definition) is 1. The third-order valence-electron chi connectivity index (χ3n) is 4.71. The van der Waals surface area contributed by atoms with Gasteiger partial charge in [0.2, 0.25) is 0 Å². The van der Waals surface area contributed by atoms with Crippen molar-refractivity contribution in [3.63, 3.8) is 0 Å². The van der Waals surface area contributed by atoms with Crippen LogP contribution in [0, 0.1) is 17.2 Å². The molecule has 1 unspecified atom stereocenters. The maximum Gasteiger partial charge on any atom is 0.256 e. The molecule has 1 aromatic heterocycles. The Labute approximate surface area is 160 Å². The molecule has 5 nitrogen and oxygen atoms in total. The average molecular weight is 389 g/mol. The fourth-order valence-electron chi connectivity index (χ4n) is 3.37. The molecule has 2 heterocycles. The van der Waals surface area contributed by atoms with Gasteiger partial charge in [-0.15, -0.1) is 11.3 Å². The summed E-state index contributed by atoms with van der Waals surface area (Å²) in [6.45, 7) is 3.07. The Morgan fingerprint density at radius 2 is 2.19 bits per heavy atom. The molecule has 0 radical (unpaired) electrons. The molecule has 0 spiro atoms. The molecule has 2 aliphatic rings. The highest BCUT2D eigenvalue weighted by molar-refractivity contribution is 7.16. The van der Waals surface area contributed by atoms with Crippen molar-refractivity contribution >= 4 is 33.8 Å². The van der Waals surface area contributed by atoms with Gasteiger partial charge in [0.15, 0.2) is 11.5 Å². The molecule has 1 aliphatic heterocycles. The molecule has 1 atom stereocenters. The highest BCUT2D eigenvalue weighted by Gasteiger charge is 2.25. The number of rotatable bonds is 2. The van der Waals surface area contributed by atoms with E-state index in [0.717, 1.165) is 24.8 Å². The van der Waals surface area contributed by atoms with Gasteiger partial charge in [-0.2, -0.15) is 5.26 Å². The predicted octanol–water partition coefficient (Wildman–Crippen LogP) is 4.42. The fraction of sp³-hybridized carbons (Fsp3) is 0.368. The zero-order valence-electron chi connectivity index (χ0n) is 14.2. The molecule has 0 fully saturated rings. The van der Waals surface area contributed by atoms with E-state index in [1.807, 2.05) is 0 Å². The van der Waals surface area contributed by atoms with Crippen molar-refractivity contribution in [2.75, 3.05) is 18.5 Å². The molecule has 0 saturated heterocycles. The van der Waals surface area contributed by atoms with Gasteiger partial charge in [0.1, 0.15) is 24.3 Å². The summed E-state index contributed by atoms with van der Waals surface area (Å²) in [6.07, 6.45) is 2.92. The number of amides is 1. The van der Waals surface area contributed by atoms with Gasteiger partial charge >= 0.3 is 0 Å². The lowest BCUT2D eigenvalue weighted by molar-refractivity contribution is 0.102. The predicted molar refractivity (Wildman–Crippen MR) is 101 cm³/mol. The van der Waals surface area contributed by atoms with Crippen molar-refractivity contribution in [2.45, 2.75) is 26.2 Å². The van der Waals surface area contributed by atoms with Gasteiger partial charge in [-0.25, -0.2) is 0 Å². The highest BCUT2D eigenvalue weighted by Crippen LogP contribution is 2.41. The molecular weight excluding hydrogens is 372 g/mol. The summed E-state index contributed by atoms with van der Waals surface area (Å²) in [5.41, 5.74) is 2.06. The number of halogens is 1. The molecule has 1 aliphatic carbocycles. The van der Waals surface area contributed by atoms with Crippen LogP contribution < -0.4 is 14.8 Å². The van der Waals surface area contributed by atoms with Crippen LogP contribution in [0.3, 0.4) is 0 Å². The van der Waals surface area contributed by atoms with Gasteiger partial charge in [-0.3, -0.25) is 4.79 Å². The lowest BCUT2D eigenvalue weighted by atomic mass is 9.88. The van der Waals surface area contributed by atoms with Crippen LogP contribution in [-0.2, 0) is 12.8 Å². The van der Waals surface area contributed by atoms with Crippen molar-refractivity contribution in [3.05, 3.63) is 38.7 Å². The first kappa shape index (κ1) is 17.2. The Hall–Kier alpha value is -2.23. The van der Waals surface area contributed by atoms with Crippen LogP contribution in [0.2, 0.25) is 5.02 Å². The Balaban J connectivity index is 1.63. The van der Waals surface area contributed by atoms with E-state index in [9.17, 15) is 10.1 Å². The van der Waals surface area contributed by atoms with E-state index in [4.69, 9.17) is 21.1 Å². The van der Waals surface area contributed by atoms with Gasteiger partial charge in [-0.1, -0.05) is 18.5 Å². The minimum absolute atomic E-state index is 0.313. The number of benzene rings is 1. The number of anilines is 1. The van der Waals surface area contributed by atoms with Crippen molar-refractivity contribution < 1.29 is 14.3 Å². The molecule has 4 rings (SSSR count). The second kappa shape index (κ2) is 6.82. The van der Waals surface area contributed by atoms with Gasteiger partial charge in [0.25, 0.3) is 5.91 Å². The van der Waals surface area contributed by atoms with Gasteiger partial charge < -0.3 is 14.8 Å². The number of nitrogens with one attached hydrogen (secondary N) is 1. The number of nitrogens with zero attached hydrogens (tertiary/aromatic N) is 1. The minimum Gasteiger partial charge on any atom is -0.486 e. The topological polar surface area (TPSA) is 71.3 Å². The van der Waals surface area contributed by atoms with Crippen molar-refractivity contribution in [2.24, 2.45) is 5.92 Å². The van der Waals surface area contributed by atoms with Crippen LogP contribution in [0.25, 0.3) is 0 Å². The summed E-state index contributed by atoms with van der Waals surface area (Å²) in [5.74, 6) is 1.22. The Morgan fingerprint density at radius 3 is 3.00 bits per heavy atom. The number of nitriles is 1. The lowest BCUT2D eigenvalue weighted by Gasteiger charge is -2.20. The first-order valence-electron chi connectivity index (χ1n) is 8.52. The standard InChI is InChI=1S/C19H17ClN2O3S/c1-10-2-3-12-13(9-21)19(26-16(12)6-10)22-18(23)11-7-14(20)17-15(8-11)24-4-5-25-17/h7-8,10H,2-6H2,1H3,(H,22,23). The minimum atomic E-state index is -0.313. The number of thiophene rings is 1. The summed E-state index contributed by atoms with van der Waals surface area (Å²) >= 11 is 7.72. The first-order chi connectivity index (χ1) is 12.6. The molecule has 1 N–H and O–H groups in total. The third kappa shape index (κ3) is 3.02. The number of carbonyl (C=O) groups excluding carboxylic acids is 1. The summed E-state index contributed by atoms with van der Waals surface area (Å²) in [6, 6.07) is 5.45. The Bertz CT molecular complexity index is 932. The summed E-state index contributed by atoms with van der Waals surface area (Å²) in [5, 5.41) is 13.4. The summed E-state index contributed by atoms with van der Waals surface area (Å²) in [7, 11) is 0. The monoisotopic (exact) mass is 388 g/mol. The van der Waals surface area contributed by atoms with Gasteiger partial charge in [0, 0.05) is 10.4 Å². The molecule has 1 amide bonds. The van der Waals surface area contributed by atoms with Crippen molar-refractivity contribution in [1.82, 2.24) is 0 Å². The van der Waals surface area contributed by atoms with Crippen molar-refractivity contribution in [3.8, 4) is 17.6 Å².